The van der Waals surface area contributed by atoms with Crippen LogP contribution in [-0.4, -0.2) is 26.6 Å². The number of hydrogen-bond donors (Lipinski definition) is 3. The third-order valence-electron chi connectivity index (χ3n) is 5.36. The van der Waals surface area contributed by atoms with Crippen molar-refractivity contribution in [1.82, 2.24) is 15.0 Å². The predicted octanol–water partition coefficient (Wildman–Crippen LogP) is 3.25. The molecule has 7 heteroatoms. The summed E-state index contributed by atoms with van der Waals surface area (Å²) in [6, 6.07) is 17.3. The Balaban J connectivity index is 1.27. The lowest BCUT2D eigenvalue weighted by atomic mass is 9.98. The molecule has 2 aromatic heterocycles. The number of aromatic hydroxyl groups is 1. The van der Waals surface area contributed by atoms with E-state index >= 15 is 0 Å². The van der Waals surface area contributed by atoms with Gasteiger partial charge in [-0.25, -0.2) is 9.97 Å². The zero-order valence-corrected chi connectivity index (χ0v) is 16.4. The monoisotopic (exact) mass is 410 g/mol. The van der Waals surface area contributed by atoms with Crippen LogP contribution in [-0.2, 0) is 6.42 Å². The van der Waals surface area contributed by atoms with Gasteiger partial charge in [0.15, 0.2) is 5.75 Å². The van der Waals surface area contributed by atoms with E-state index < -0.39 is 16.6 Å². The van der Waals surface area contributed by atoms with Gasteiger partial charge in [-0.3, -0.25) is 9.59 Å². The lowest BCUT2D eigenvalue weighted by molar-refractivity contribution is 0.465. The van der Waals surface area contributed by atoms with E-state index in [1.165, 1.54) is 17.3 Å². The van der Waals surface area contributed by atoms with Gasteiger partial charge in [-0.05, 0) is 35.1 Å². The average molecular weight is 410 g/mol. The van der Waals surface area contributed by atoms with Crippen LogP contribution in [0.25, 0.3) is 33.3 Å². The van der Waals surface area contributed by atoms with Crippen molar-refractivity contribution in [2.45, 2.75) is 6.42 Å². The molecule has 0 unspecified atom stereocenters. The molecular weight excluding hydrogens is 392 g/mol. The van der Waals surface area contributed by atoms with Crippen LogP contribution in [0.3, 0.4) is 0 Å². The van der Waals surface area contributed by atoms with Crippen molar-refractivity contribution in [1.29, 1.82) is 0 Å². The molecule has 3 aromatic carbocycles. The molecule has 0 spiro atoms. The third-order valence-corrected chi connectivity index (χ3v) is 5.36. The highest BCUT2D eigenvalue weighted by Gasteiger charge is 2.21. The number of hydrogen-bond acceptors (Lipinski definition) is 6. The first-order chi connectivity index (χ1) is 15.1. The summed E-state index contributed by atoms with van der Waals surface area (Å²) in [5, 5.41) is 14.1. The second-order valence-electron chi connectivity index (χ2n) is 7.32. The third kappa shape index (κ3) is 3.46. The summed E-state index contributed by atoms with van der Waals surface area (Å²) in [7, 11) is 0. The summed E-state index contributed by atoms with van der Waals surface area (Å²) >= 11 is 0. The Labute approximate surface area is 176 Å². The Morgan fingerprint density at radius 2 is 1.71 bits per heavy atom. The molecule has 0 aliphatic carbocycles. The maximum absolute atomic E-state index is 11.6. The van der Waals surface area contributed by atoms with Crippen molar-refractivity contribution in [3.05, 3.63) is 93.1 Å². The normalized spacial score (nSPS) is 11.2. The summed E-state index contributed by atoms with van der Waals surface area (Å²) in [5.74, 6) is 0.247. The maximum Gasteiger partial charge on any atom is 0.268 e. The van der Waals surface area contributed by atoms with E-state index in [0.717, 1.165) is 35.6 Å². The molecule has 0 aliphatic heterocycles. The van der Waals surface area contributed by atoms with E-state index in [2.05, 4.69) is 44.5 Å². The second-order valence-corrected chi connectivity index (χ2v) is 7.32. The quantitative estimate of drug-likeness (QED) is 0.371. The Morgan fingerprint density at radius 1 is 0.903 bits per heavy atom. The van der Waals surface area contributed by atoms with Gasteiger partial charge in [-0.15, -0.1) is 0 Å². The van der Waals surface area contributed by atoms with Gasteiger partial charge in [-0.1, -0.05) is 36.4 Å². The number of rotatable bonds is 6. The van der Waals surface area contributed by atoms with Crippen LogP contribution in [0.2, 0.25) is 0 Å². The topological polar surface area (TPSA) is 108 Å². The number of nitrogens with one attached hydrogen (secondary N) is 2. The molecule has 0 atom stereocenters. The number of aromatic amines is 1. The minimum absolute atomic E-state index is 0.0686. The fourth-order valence-corrected chi connectivity index (χ4v) is 3.65. The molecule has 0 fully saturated rings. The van der Waals surface area contributed by atoms with Crippen LogP contribution >= 0.6 is 0 Å². The van der Waals surface area contributed by atoms with Crippen molar-refractivity contribution in [3.63, 3.8) is 0 Å². The van der Waals surface area contributed by atoms with Crippen molar-refractivity contribution in [2.24, 2.45) is 0 Å². The van der Waals surface area contributed by atoms with Crippen LogP contribution in [0.1, 0.15) is 5.56 Å². The molecular formula is C24H18N4O3. The smallest absolute Gasteiger partial charge is 0.268 e. The number of aromatic nitrogens is 3. The highest BCUT2D eigenvalue weighted by atomic mass is 16.3. The summed E-state index contributed by atoms with van der Waals surface area (Å²) in [6.07, 6.45) is 4.29. The molecule has 3 N–H and O–H groups in total. The Hall–Kier alpha value is -4.26. The SMILES string of the molecule is O=c1c(O)c(-c2ccc(-c3cc(NCCc4ccc5cc[nH]c5c4)ncn3)cc2)c1=O. The van der Waals surface area contributed by atoms with Crippen LogP contribution in [0.15, 0.2) is 76.7 Å². The number of anilines is 1. The van der Waals surface area contributed by atoms with Crippen LogP contribution < -0.4 is 16.2 Å². The number of fused-ring (bicyclic) bond motifs is 1. The summed E-state index contributed by atoms with van der Waals surface area (Å²) in [4.78, 5) is 34.7. The zero-order chi connectivity index (χ0) is 21.4. The molecule has 7 nitrogen and oxygen atoms in total. The molecule has 0 bridgehead atoms. The summed E-state index contributed by atoms with van der Waals surface area (Å²) < 4.78 is 0. The number of H-pyrrole nitrogens is 1. The van der Waals surface area contributed by atoms with Crippen LogP contribution in [0.5, 0.6) is 5.75 Å². The van der Waals surface area contributed by atoms with E-state index in [4.69, 9.17) is 0 Å². The number of benzene rings is 2. The highest BCUT2D eigenvalue weighted by molar-refractivity contribution is 5.80. The van der Waals surface area contributed by atoms with Gasteiger partial charge < -0.3 is 15.4 Å². The fourth-order valence-electron chi connectivity index (χ4n) is 3.65. The van der Waals surface area contributed by atoms with E-state index in [-0.39, 0.29) is 5.56 Å². The van der Waals surface area contributed by atoms with E-state index in [9.17, 15) is 14.7 Å². The largest absolute Gasteiger partial charge is 0.503 e. The van der Waals surface area contributed by atoms with Crippen molar-refractivity contribution in [2.75, 3.05) is 11.9 Å². The molecule has 2 heterocycles. The summed E-state index contributed by atoms with van der Waals surface area (Å²) in [6.45, 7) is 0.727. The predicted molar refractivity (Wildman–Crippen MR) is 120 cm³/mol. The first-order valence-corrected chi connectivity index (χ1v) is 9.85. The van der Waals surface area contributed by atoms with Crippen molar-refractivity contribution in [3.8, 4) is 28.1 Å². The first kappa shape index (κ1) is 18.7. The van der Waals surface area contributed by atoms with E-state index in [1.54, 1.807) is 24.3 Å². The molecule has 0 saturated carbocycles. The zero-order valence-electron chi connectivity index (χ0n) is 16.4. The molecule has 5 aromatic rings. The van der Waals surface area contributed by atoms with Gasteiger partial charge in [-0.2, -0.15) is 0 Å². The van der Waals surface area contributed by atoms with Gasteiger partial charge >= 0.3 is 0 Å². The highest BCUT2D eigenvalue weighted by Crippen LogP contribution is 2.27. The lowest BCUT2D eigenvalue weighted by Gasteiger charge is -2.09. The van der Waals surface area contributed by atoms with Crippen LogP contribution in [0, 0.1) is 0 Å². The van der Waals surface area contributed by atoms with Gasteiger partial charge in [0.25, 0.3) is 5.43 Å². The fraction of sp³-hybridized carbons (Fsp3) is 0.0833. The van der Waals surface area contributed by atoms with Gasteiger partial charge in [0, 0.05) is 29.9 Å². The second kappa shape index (κ2) is 7.53. The molecule has 0 amide bonds. The Bertz CT molecular complexity index is 1460. The minimum Gasteiger partial charge on any atom is -0.503 e. The van der Waals surface area contributed by atoms with E-state index in [1.807, 2.05) is 12.3 Å². The van der Waals surface area contributed by atoms with E-state index in [0.29, 0.717) is 5.56 Å². The molecule has 0 radical (unpaired) electrons. The molecule has 0 saturated heterocycles. The molecule has 152 valence electrons. The van der Waals surface area contributed by atoms with Crippen molar-refractivity contribution >= 4 is 16.7 Å². The van der Waals surface area contributed by atoms with Crippen molar-refractivity contribution < 1.29 is 5.11 Å². The minimum atomic E-state index is -0.835. The summed E-state index contributed by atoms with van der Waals surface area (Å²) in [5.41, 5.74) is 3.01. The molecule has 31 heavy (non-hydrogen) atoms. The Kier molecular flexibility index (Phi) is 4.55. The number of nitrogens with zero attached hydrogens (tertiary/aromatic N) is 2. The molecule has 5 rings (SSSR count). The van der Waals surface area contributed by atoms with Gasteiger partial charge in [0.05, 0.1) is 11.3 Å². The lowest BCUT2D eigenvalue weighted by Crippen LogP contribution is -2.31. The standard InChI is InChI=1S/C24H18N4O3/c29-22-21(23(30)24(22)31)17-5-3-15(4-6-17)19-12-20(28-13-27-19)26-9-7-14-1-2-16-8-10-25-18(16)11-14/h1-6,8,10-13,25,29H,7,9H2,(H,26,27,28). The first-order valence-electron chi connectivity index (χ1n) is 9.85. The van der Waals surface area contributed by atoms with Gasteiger partial charge in [0.2, 0.25) is 5.43 Å². The molecule has 0 aliphatic rings. The van der Waals surface area contributed by atoms with Gasteiger partial charge in [0.1, 0.15) is 12.1 Å². The average Bonchev–Trinajstić information content (AvgIpc) is 3.28. The van der Waals surface area contributed by atoms with Crippen LogP contribution in [0.4, 0.5) is 5.82 Å². The Morgan fingerprint density at radius 3 is 2.52 bits per heavy atom. The maximum atomic E-state index is 11.6.